The topological polar surface area (TPSA) is 92.3 Å². The lowest BCUT2D eigenvalue weighted by molar-refractivity contribution is 0.154. The molecule has 0 radical (unpaired) electrons. The van der Waals surface area contributed by atoms with Crippen LogP contribution in [0, 0.1) is 11.7 Å². The number of methoxy groups -OCH3 is 1. The highest BCUT2D eigenvalue weighted by Crippen LogP contribution is 2.32. The summed E-state index contributed by atoms with van der Waals surface area (Å²) in [6.07, 6.45) is 5.35. The van der Waals surface area contributed by atoms with E-state index < -0.39 is 5.82 Å². The van der Waals surface area contributed by atoms with Crippen LogP contribution in [0.5, 0.6) is 11.8 Å². The fraction of sp³-hybridized carbons (Fsp3) is 0.333. The van der Waals surface area contributed by atoms with Crippen molar-refractivity contribution in [2.24, 2.45) is 5.92 Å². The van der Waals surface area contributed by atoms with Crippen LogP contribution in [-0.2, 0) is 13.0 Å². The minimum atomic E-state index is -0.430. The normalized spacial score (nSPS) is 12.6. The van der Waals surface area contributed by atoms with Gasteiger partial charge < -0.3 is 9.47 Å². The van der Waals surface area contributed by atoms with Gasteiger partial charge in [0.25, 0.3) is 5.56 Å². The Morgan fingerprint density at radius 1 is 0.933 bits per heavy atom. The first-order chi connectivity index (χ1) is 21.8. The van der Waals surface area contributed by atoms with Gasteiger partial charge in [0.2, 0.25) is 5.82 Å². The number of ether oxygens (including phenoxy) is 2. The number of nitrogens with zero attached hydrogens (tertiary/aromatic N) is 4. The average Bonchev–Trinajstić information content (AvgIpc) is 3.54. The molecule has 2 heterocycles. The Hall–Kier alpha value is -4.79. The summed E-state index contributed by atoms with van der Waals surface area (Å²) in [5, 5.41) is 3.98. The number of benzene rings is 3. The fourth-order valence-electron chi connectivity index (χ4n) is 5.39. The molecule has 0 saturated carbocycles. The third-order valence-electron chi connectivity index (χ3n) is 8.08. The molecule has 0 bridgehead atoms. The molecule has 0 spiro atoms. The molecule has 2 unspecified atom stereocenters. The standard InChI is InChI=1S/C36H39FN4O4/c1-6-10-23(3)24(4)44-28-18-16-25(17-19-28)31-21-38-33(11-7-2)41(35(31)42)22-27-15-14-26(20-32(27)37)29-12-8-9-13-30(29)34-39-36(43-5)45-40-34/h8-9,12-21,23-24H,6-7,10-11,22H2,1-5H3. The summed E-state index contributed by atoms with van der Waals surface area (Å²) in [4.78, 5) is 22.7. The van der Waals surface area contributed by atoms with Gasteiger partial charge in [0.1, 0.15) is 17.4 Å². The minimum absolute atomic E-state index is 0.0430. The highest BCUT2D eigenvalue weighted by molar-refractivity contribution is 5.80. The van der Waals surface area contributed by atoms with Crippen LogP contribution in [0.25, 0.3) is 33.6 Å². The molecular weight excluding hydrogens is 571 g/mol. The van der Waals surface area contributed by atoms with E-state index in [1.807, 2.05) is 61.5 Å². The summed E-state index contributed by atoms with van der Waals surface area (Å²) in [5.74, 6) is 1.72. The lowest BCUT2D eigenvalue weighted by Gasteiger charge is -2.21. The molecule has 5 aromatic rings. The van der Waals surface area contributed by atoms with E-state index >= 15 is 4.39 Å². The van der Waals surface area contributed by atoms with E-state index in [2.05, 4.69) is 35.9 Å². The Morgan fingerprint density at radius 2 is 1.67 bits per heavy atom. The van der Waals surface area contributed by atoms with Gasteiger partial charge in [-0.05, 0) is 60.6 Å². The maximum atomic E-state index is 15.7. The summed E-state index contributed by atoms with van der Waals surface area (Å²) in [7, 11) is 1.45. The molecule has 0 aliphatic heterocycles. The van der Waals surface area contributed by atoms with Crippen molar-refractivity contribution in [3.05, 3.63) is 100 Å². The van der Waals surface area contributed by atoms with Crippen molar-refractivity contribution >= 4 is 0 Å². The molecule has 0 amide bonds. The lowest BCUT2D eigenvalue weighted by atomic mass is 9.98. The van der Waals surface area contributed by atoms with Crippen LogP contribution >= 0.6 is 0 Å². The Bertz CT molecular complexity index is 1800. The van der Waals surface area contributed by atoms with Crippen molar-refractivity contribution in [2.75, 3.05) is 7.11 Å². The van der Waals surface area contributed by atoms with E-state index in [0.29, 0.717) is 46.2 Å². The zero-order valence-corrected chi connectivity index (χ0v) is 26.4. The smallest absolute Gasteiger partial charge is 0.417 e. The highest BCUT2D eigenvalue weighted by atomic mass is 19.1. The predicted octanol–water partition coefficient (Wildman–Crippen LogP) is 7.98. The van der Waals surface area contributed by atoms with E-state index in [1.165, 1.54) is 13.2 Å². The van der Waals surface area contributed by atoms with Crippen LogP contribution in [0.15, 0.2) is 82.2 Å². The van der Waals surface area contributed by atoms with E-state index in [0.717, 1.165) is 36.1 Å². The van der Waals surface area contributed by atoms with Gasteiger partial charge in [0.15, 0.2) is 0 Å². The van der Waals surface area contributed by atoms with Gasteiger partial charge in [-0.1, -0.05) is 80.9 Å². The second-order valence-corrected chi connectivity index (χ2v) is 11.3. The number of aryl methyl sites for hydroxylation is 1. The molecule has 0 saturated heterocycles. The molecule has 45 heavy (non-hydrogen) atoms. The molecule has 0 fully saturated rings. The molecule has 2 atom stereocenters. The number of rotatable bonds is 13. The zero-order valence-electron chi connectivity index (χ0n) is 26.4. The quantitative estimate of drug-likeness (QED) is 0.133. The second kappa shape index (κ2) is 14.3. The first-order valence-corrected chi connectivity index (χ1v) is 15.4. The van der Waals surface area contributed by atoms with E-state index in [1.54, 1.807) is 16.8 Å². The van der Waals surface area contributed by atoms with Gasteiger partial charge in [-0.15, -0.1) is 0 Å². The van der Waals surface area contributed by atoms with Crippen LogP contribution in [0.3, 0.4) is 0 Å². The summed E-state index contributed by atoms with van der Waals surface area (Å²) < 4.78 is 33.5. The number of halogens is 1. The SMILES string of the molecule is CCCc1ncc(-c2ccc(OC(C)C(C)CCC)cc2)c(=O)n1Cc1ccc(-c2ccccc2-c2noc(OC)n2)cc1F. The third kappa shape index (κ3) is 7.14. The second-order valence-electron chi connectivity index (χ2n) is 11.3. The first kappa shape index (κ1) is 31.6. The molecule has 234 valence electrons. The Kier molecular flexibility index (Phi) is 10.1. The molecule has 5 rings (SSSR count). The molecule has 8 nitrogen and oxygen atoms in total. The molecular formula is C36H39FN4O4. The molecule has 0 aliphatic carbocycles. The highest BCUT2D eigenvalue weighted by Gasteiger charge is 2.18. The molecule has 0 aliphatic rings. The first-order valence-electron chi connectivity index (χ1n) is 15.4. The fourth-order valence-corrected chi connectivity index (χ4v) is 5.39. The minimum Gasteiger partial charge on any atom is -0.490 e. The Balaban J connectivity index is 1.43. The zero-order chi connectivity index (χ0) is 31.9. The van der Waals surface area contributed by atoms with Crippen LogP contribution < -0.4 is 15.0 Å². The van der Waals surface area contributed by atoms with Gasteiger partial charge in [-0.3, -0.25) is 13.9 Å². The van der Waals surface area contributed by atoms with Gasteiger partial charge in [0, 0.05) is 23.7 Å². The van der Waals surface area contributed by atoms with Gasteiger partial charge >= 0.3 is 6.08 Å². The number of hydrogen-bond donors (Lipinski definition) is 0. The van der Waals surface area contributed by atoms with Crippen molar-refractivity contribution in [3.63, 3.8) is 0 Å². The van der Waals surface area contributed by atoms with Crippen molar-refractivity contribution in [3.8, 4) is 45.5 Å². The Labute approximate surface area is 262 Å². The van der Waals surface area contributed by atoms with Gasteiger partial charge in [-0.25, -0.2) is 9.37 Å². The molecule has 0 N–H and O–H groups in total. The summed E-state index contributed by atoms with van der Waals surface area (Å²) in [5.41, 5.74) is 3.41. The number of hydrogen-bond acceptors (Lipinski definition) is 7. The van der Waals surface area contributed by atoms with Crippen LogP contribution in [0.1, 0.15) is 58.3 Å². The maximum Gasteiger partial charge on any atom is 0.417 e. The summed E-state index contributed by atoms with van der Waals surface area (Å²) >= 11 is 0. The van der Waals surface area contributed by atoms with E-state index in [4.69, 9.17) is 14.0 Å². The monoisotopic (exact) mass is 610 g/mol. The summed E-state index contributed by atoms with van der Waals surface area (Å²) in [6, 6.07) is 19.9. The molecule has 3 aromatic carbocycles. The van der Waals surface area contributed by atoms with Crippen molar-refractivity contribution in [1.29, 1.82) is 0 Å². The third-order valence-corrected chi connectivity index (χ3v) is 8.08. The Morgan fingerprint density at radius 3 is 2.33 bits per heavy atom. The molecule has 9 heteroatoms. The van der Waals surface area contributed by atoms with Crippen molar-refractivity contribution in [1.82, 2.24) is 19.7 Å². The molecule has 2 aromatic heterocycles. The lowest BCUT2D eigenvalue weighted by Crippen LogP contribution is -2.27. The van der Waals surface area contributed by atoms with Crippen LogP contribution in [-0.4, -0.2) is 32.9 Å². The summed E-state index contributed by atoms with van der Waals surface area (Å²) in [6.45, 7) is 8.53. The van der Waals surface area contributed by atoms with Crippen LogP contribution in [0.4, 0.5) is 4.39 Å². The van der Waals surface area contributed by atoms with E-state index in [9.17, 15) is 4.79 Å². The van der Waals surface area contributed by atoms with Crippen molar-refractivity contribution < 1.29 is 18.4 Å². The van der Waals surface area contributed by atoms with Gasteiger partial charge in [0.05, 0.1) is 25.3 Å². The maximum absolute atomic E-state index is 15.7. The van der Waals surface area contributed by atoms with Crippen LogP contribution in [0.2, 0.25) is 0 Å². The van der Waals surface area contributed by atoms with Gasteiger partial charge in [-0.2, -0.15) is 4.98 Å². The van der Waals surface area contributed by atoms with Crippen molar-refractivity contribution in [2.45, 2.75) is 66.0 Å². The largest absolute Gasteiger partial charge is 0.490 e. The average molecular weight is 611 g/mol. The predicted molar refractivity (Wildman–Crippen MR) is 173 cm³/mol. The number of aromatic nitrogens is 4. The van der Waals surface area contributed by atoms with E-state index in [-0.39, 0.29) is 24.3 Å².